The third-order valence-electron chi connectivity index (χ3n) is 4.58. The largest absolute Gasteiger partial charge is 0.573 e. The summed E-state index contributed by atoms with van der Waals surface area (Å²) in [7, 11) is 1.48. The van der Waals surface area contributed by atoms with Crippen LogP contribution in [0.5, 0.6) is 5.75 Å². The number of halogens is 3. The fraction of sp³-hybridized carbons (Fsp3) is 0.333. The zero-order chi connectivity index (χ0) is 23.6. The van der Waals surface area contributed by atoms with Crippen molar-refractivity contribution in [1.82, 2.24) is 19.7 Å². The van der Waals surface area contributed by atoms with E-state index < -0.39 is 23.9 Å². The number of hydrogen-bond acceptors (Lipinski definition) is 5. The molecule has 11 heteroatoms. The lowest BCUT2D eigenvalue weighted by atomic mass is 10.1. The molecule has 1 N–H and O–H groups in total. The van der Waals surface area contributed by atoms with Crippen LogP contribution in [0.2, 0.25) is 0 Å². The van der Waals surface area contributed by atoms with E-state index in [1.54, 1.807) is 23.9 Å². The van der Waals surface area contributed by atoms with Crippen LogP contribution < -0.4 is 10.1 Å². The number of nitrogens with zero attached hydrogens (tertiary/aromatic N) is 4. The number of alkyl halides is 3. The summed E-state index contributed by atoms with van der Waals surface area (Å²) in [4.78, 5) is 30.9. The minimum Gasteiger partial charge on any atom is -0.406 e. The van der Waals surface area contributed by atoms with Crippen molar-refractivity contribution >= 4 is 28.5 Å². The van der Waals surface area contributed by atoms with Crippen molar-refractivity contribution < 1.29 is 27.5 Å². The van der Waals surface area contributed by atoms with Gasteiger partial charge in [-0.25, -0.2) is 9.67 Å². The lowest BCUT2D eigenvalue weighted by Gasteiger charge is -2.18. The van der Waals surface area contributed by atoms with Crippen LogP contribution in [-0.4, -0.2) is 51.4 Å². The number of hydrogen-bond donors (Lipinski definition) is 1. The fourth-order valence-corrected chi connectivity index (χ4v) is 3.09. The topological polar surface area (TPSA) is 89.4 Å². The number of rotatable bonds is 6. The molecular formula is C21H22F3N5O3. The quantitative estimate of drug-likeness (QED) is 0.616. The lowest BCUT2D eigenvalue weighted by Crippen LogP contribution is -2.35. The van der Waals surface area contributed by atoms with Crippen molar-refractivity contribution in [1.29, 1.82) is 0 Å². The van der Waals surface area contributed by atoms with Gasteiger partial charge in [0.2, 0.25) is 5.91 Å². The fourth-order valence-electron chi connectivity index (χ4n) is 3.09. The van der Waals surface area contributed by atoms with Gasteiger partial charge in [0.05, 0.1) is 24.0 Å². The molecule has 0 spiro atoms. The summed E-state index contributed by atoms with van der Waals surface area (Å²) in [6.07, 6.45) is -3.16. The molecule has 2 amide bonds. The highest BCUT2D eigenvalue weighted by Crippen LogP contribution is 2.24. The van der Waals surface area contributed by atoms with Crippen LogP contribution >= 0.6 is 0 Å². The summed E-state index contributed by atoms with van der Waals surface area (Å²) >= 11 is 0. The molecule has 0 radical (unpaired) electrons. The normalized spacial score (nSPS) is 11.6. The van der Waals surface area contributed by atoms with Crippen LogP contribution in [0.25, 0.3) is 11.0 Å². The average molecular weight is 449 g/mol. The molecule has 170 valence electrons. The van der Waals surface area contributed by atoms with Crippen molar-refractivity contribution in [2.24, 2.45) is 0 Å². The van der Waals surface area contributed by atoms with Gasteiger partial charge in [0, 0.05) is 24.2 Å². The second kappa shape index (κ2) is 8.85. The van der Waals surface area contributed by atoms with Gasteiger partial charge in [-0.05, 0) is 51.1 Å². The molecule has 0 aliphatic heterocycles. The minimum atomic E-state index is -4.79. The maximum absolute atomic E-state index is 12.9. The second-order valence-electron chi connectivity index (χ2n) is 7.50. The van der Waals surface area contributed by atoms with Gasteiger partial charge in [-0.2, -0.15) is 5.10 Å². The van der Waals surface area contributed by atoms with Crippen LogP contribution in [0.15, 0.2) is 36.5 Å². The maximum Gasteiger partial charge on any atom is 0.573 e. The molecule has 0 fully saturated rings. The number of carbonyl (C=O) groups excluding carboxylic acids is 2. The van der Waals surface area contributed by atoms with Gasteiger partial charge >= 0.3 is 6.36 Å². The summed E-state index contributed by atoms with van der Waals surface area (Å²) < 4.78 is 42.2. The molecule has 3 rings (SSSR count). The molecular weight excluding hydrogens is 427 g/mol. The number of aromatic nitrogens is 3. The zero-order valence-electron chi connectivity index (χ0n) is 17.9. The number of fused-ring (bicyclic) bond motifs is 1. The van der Waals surface area contributed by atoms with Gasteiger partial charge in [-0.1, -0.05) is 0 Å². The molecule has 0 atom stereocenters. The molecule has 0 aliphatic carbocycles. The second-order valence-corrected chi connectivity index (χ2v) is 7.50. The number of likely N-dealkylation sites (N-methyl/N-ethyl adjacent to an activating group) is 1. The monoisotopic (exact) mass is 449 g/mol. The Morgan fingerprint density at radius 2 is 1.88 bits per heavy atom. The number of aryl methyl sites for hydroxylation is 1. The first-order valence-corrected chi connectivity index (χ1v) is 9.70. The van der Waals surface area contributed by atoms with E-state index in [0.29, 0.717) is 22.3 Å². The van der Waals surface area contributed by atoms with E-state index in [9.17, 15) is 22.8 Å². The Morgan fingerprint density at radius 1 is 1.22 bits per heavy atom. The Morgan fingerprint density at radius 3 is 2.47 bits per heavy atom. The lowest BCUT2D eigenvalue weighted by molar-refractivity contribution is -0.274. The van der Waals surface area contributed by atoms with Crippen LogP contribution in [-0.2, 0) is 4.79 Å². The van der Waals surface area contributed by atoms with Crippen molar-refractivity contribution in [3.05, 3.63) is 47.8 Å². The van der Waals surface area contributed by atoms with E-state index >= 15 is 0 Å². The predicted molar refractivity (Wildman–Crippen MR) is 111 cm³/mol. The Labute approximate surface area is 182 Å². The predicted octanol–water partition coefficient (Wildman–Crippen LogP) is 3.93. The highest BCUT2D eigenvalue weighted by molar-refractivity contribution is 6.01. The number of anilines is 1. The van der Waals surface area contributed by atoms with Crippen LogP contribution in [0.1, 0.15) is 35.9 Å². The molecule has 0 saturated carbocycles. The Hall–Kier alpha value is -3.63. The van der Waals surface area contributed by atoms with E-state index in [4.69, 9.17) is 0 Å². The zero-order valence-corrected chi connectivity index (χ0v) is 17.9. The van der Waals surface area contributed by atoms with Gasteiger partial charge in [0.25, 0.3) is 5.91 Å². The highest BCUT2D eigenvalue weighted by atomic mass is 19.4. The number of nitrogens with one attached hydrogen (secondary N) is 1. The molecule has 32 heavy (non-hydrogen) atoms. The number of carbonyl (C=O) groups is 2. The van der Waals surface area contributed by atoms with E-state index in [0.717, 1.165) is 12.1 Å². The molecule has 0 unspecified atom stereocenters. The van der Waals surface area contributed by atoms with Crippen molar-refractivity contribution in [2.45, 2.75) is 33.2 Å². The SMILES string of the molecule is Cc1nc2c(cnn2C(C)C)cc1C(=O)N(C)CC(=O)Nc1ccc(OC(F)(F)F)cc1. The summed E-state index contributed by atoms with van der Waals surface area (Å²) in [6.45, 7) is 5.41. The van der Waals surface area contributed by atoms with Crippen LogP contribution in [0.3, 0.4) is 0 Å². The third kappa shape index (κ3) is 5.34. The van der Waals surface area contributed by atoms with Gasteiger partial charge < -0.3 is 15.0 Å². The molecule has 3 aromatic rings. The number of amides is 2. The Balaban J connectivity index is 1.66. The third-order valence-corrected chi connectivity index (χ3v) is 4.58. The Kier molecular flexibility index (Phi) is 6.37. The number of ether oxygens (including phenoxy) is 1. The molecule has 2 aromatic heterocycles. The standard InChI is InChI=1S/C21H22F3N5O3/c1-12(2)29-19-14(10-25-29)9-17(13(3)26-19)20(31)28(4)11-18(30)27-15-5-7-16(8-6-15)32-21(22,23)24/h5-10,12H,11H2,1-4H3,(H,27,30). The number of benzene rings is 1. The van der Waals surface area contributed by atoms with Crippen molar-refractivity contribution in [2.75, 3.05) is 18.9 Å². The first-order chi connectivity index (χ1) is 14.9. The highest BCUT2D eigenvalue weighted by Gasteiger charge is 2.31. The van der Waals surface area contributed by atoms with E-state index in [1.807, 2.05) is 13.8 Å². The minimum absolute atomic E-state index is 0.112. The van der Waals surface area contributed by atoms with Crippen molar-refractivity contribution in [3.63, 3.8) is 0 Å². The summed E-state index contributed by atoms with van der Waals surface area (Å²) in [5.41, 5.74) is 1.81. The van der Waals surface area contributed by atoms with Crippen molar-refractivity contribution in [3.8, 4) is 5.75 Å². The molecule has 8 nitrogen and oxygen atoms in total. The first kappa shape index (κ1) is 23.0. The molecule has 2 heterocycles. The van der Waals surface area contributed by atoms with Gasteiger partial charge in [-0.15, -0.1) is 13.2 Å². The molecule has 1 aromatic carbocycles. The van der Waals surface area contributed by atoms with Crippen LogP contribution in [0, 0.1) is 6.92 Å². The van der Waals surface area contributed by atoms with Crippen LogP contribution in [0.4, 0.5) is 18.9 Å². The summed E-state index contributed by atoms with van der Waals surface area (Å²) in [5, 5.41) is 7.54. The average Bonchev–Trinajstić information content (AvgIpc) is 3.10. The van der Waals surface area contributed by atoms with E-state index in [-0.39, 0.29) is 18.3 Å². The molecule has 0 bridgehead atoms. The summed E-state index contributed by atoms with van der Waals surface area (Å²) in [6, 6.07) is 6.52. The van der Waals surface area contributed by atoms with E-state index in [1.165, 1.54) is 24.1 Å². The van der Waals surface area contributed by atoms with Gasteiger partial charge in [0.15, 0.2) is 5.65 Å². The molecule has 0 aliphatic rings. The first-order valence-electron chi connectivity index (χ1n) is 9.70. The molecule has 0 saturated heterocycles. The van der Waals surface area contributed by atoms with E-state index in [2.05, 4.69) is 20.1 Å². The maximum atomic E-state index is 12.9. The van der Waals surface area contributed by atoms with Gasteiger partial charge in [0.1, 0.15) is 5.75 Å². The Bertz CT molecular complexity index is 1140. The van der Waals surface area contributed by atoms with Gasteiger partial charge in [-0.3, -0.25) is 9.59 Å². The summed E-state index contributed by atoms with van der Waals surface area (Å²) in [5.74, 6) is -1.30. The number of pyridine rings is 1. The smallest absolute Gasteiger partial charge is 0.406 e.